The van der Waals surface area contributed by atoms with Crippen LogP contribution in [0.15, 0.2) is 30.3 Å². The molecule has 1 aromatic carbocycles. The minimum Gasteiger partial charge on any atom is -0.358 e. The Morgan fingerprint density at radius 1 is 1.20 bits per heavy atom. The average Bonchev–Trinajstić information content (AvgIpc) is 3.38. The summed E-state index contributed by atoms with van der Waals surface area (Å²) >= 11 is 6.11. The van der Waals surface area contributed by atoms with Crippen LogP contribution < -0.4 is 5.32 Å². The van der Waals surface area contributed by atoms with E-state index in [2.05, 4.69) is 46.5 Å². The maximum atomic E-state index is 12.7. The fourth-order valence-electron chi connectivity index (χ4n) is 3.16. The SMILES string of the molecule is Cc1ccc(CN2CCC(Nc3cc(Cl)nc(C4CC4)n3)C2=O)cc1. The number of nitrogens with zero attached hydrogens (tertiary/aromatic N) is 3. The summed E-state index contributed by atoms with van der Waals surface area (Å²) in [7, 11) is 0. The first-order valence-electron chi connectivity index (χ1n) is 8.74. The van der Waals surface area contributed by atoms with E-state index in [1.807, 2.05) is 4.90 Å². The lowest BCUT2D eigenvalue weighted by molar-refractivity contribution is -0.128. The average molecular weight is 357 g/mol. The first-order valence-corrected chi connectivity index (χ1v) is 9.11. The van der Waals surface area contributed by atoms with E-state index < -0.39 is 0 Å². The van der Waals surface area contributed by atoms with Crippen LogP contribution in [0.25, 0.3) is 0 Å². The number of aryl methyl sites for hydroxylation is 1. The van der Waals surface area contributed by atoms with Crippen molar-refractivity contribution >= 4 is 23.3 Å². The summed E-state index contributed by atoms with van der Waals surface area (Å²) in [6.45, 7) is 3.46. The zero-order valence-electron chi connectivity index (χ0n) is 14.2. The second-order valence-corrected chi connectivity index (χ2v) is 7.33. The summed E-state index contributed by atoms with van der Waals surface area (Å²) in [4.78, 5) is 23.4. The van der Waals surface area contributed by atoms with Crippen LogP contribution in [-0.4, -0.2) is 33.4 Å². The van der Waals surface area contributed by atoms with E-state index >= 15 is 0 Å². The van der Waals surface area contributed by atoms with Gasteiger partial charge in [0.05, 0.1) is 0 Å². The van der Waals surface area contributed by atoms with Crippen molar-refractivity contribution < 1.29 is 4.79 Å². The number of hydrogen-bond donors (Lipinski definition) is 1. The molecule has 1 aliphatic heterocycles. The summed E-state index contributed by atoms with van der Waals surface area (Å²) < 4.78 is 0. The summed E-state index contributed by atoms with van der Waals surface area (Å²) in [5.41, 5.74) is 2.38. The Hall–Kier alpha value is -2.14. The highest BCUT2D eigenvalue weighted by molar-refractivity contribution is 6.29. The standard InChI is InChI=1S/C19H21ClN4O/c1-12-2-4-13(5-3-12)11-24-9-8-15(19(24)25)21-17-10-16(20)22-18(23-17)14-6-7-14/h2-5,10,14-15H,6-9,11H2,1H3,(H,21,22,23). The molecular weight excluding hydrogens is 336 g/mol. The third-order valence-corrected chi connectivity index (χ3v) is 4.96. The van der Waals surface area contributed by atoms with Crippen LogP contribution in [-0.2, 0) is 11.3 Å². The zero-order valence-corrected chi connectivity index (χ0v) is 15.0. The van der Waals surface area contributed by atoms with Gasteiger partial charge in [0.2, 0.25) is 5.91 Å². The van der Waals surface area contributed by atoms with Crippen LogP contribution in [0.3, 0.4) is 0 Å². The van der Waals surface area contributed by atoms with Gasteiger partial charge in [-0.3, -0.25) is 4.79 Å². The highest BCUT2D eigenvalue weighted by atomic mass is 35.5. The van der Waals surface area contributed by atoms with Crippen LogP contribution in [0.1, 0.15) is 42.1 Å². The van der Waals surface area contributed by atoms with Gasteiger partial charge in [0.15, 0.2) is 0 Å². The Morgan fingerprint density at radius 3 is 2.68 bits per heavy atom. The largest absolute Gasteiger partial charge is 0.358 e. The van der Waals surface area contributed by atoms with Crippen molar-refractivity contribution in [3.63, 3.8) is 0 Å². The van der Waals surface area contributed by atoms with Crippen LogP contribution in [0.4, 0.5) is 5.82 Å². The molecule has 1 saturated heterocycles. The molecule has 2 fully saturated rings. The first-order chi connectivity index (χ1) is 12.1. The third kappa shape index (κ3) is 3.76. The van der Waals surface area contributed by atoms with E-state index in [9.17, 15) is 4.79 Å². The van der Waals surface area contributed by atoms with Crippen molar-refractivity contribution in [2.24, 2.45) is 0 Å². The highest BCUT2D eigenvalue weighted by Crippen LogP contribution is 2.38. The molecule has 2 aliphatic rings. The lowest BCUT2D eigenvalue weighted by atomic mass is 10.1. The molecule has 0 spiro atoms. The van der Waals surface area contributed by atoms with Gasteiger partial charge in [0.1, 0.15) is 22.8 Å². The minimum absolute atomic E-state index is 0.114. The van der Waals surface area contributed by atoms with Crippen LogP contribution in [0, 0.1) is 6.92 Å². The van der Waals surface area contributed by atoms with Gasteiger partial charge in [0.25, 0.3) is 0 Å². The Kier molecular flexibility index (Phi) is 4.34. The Labute approximate surface area is 152 Å². The molecule has 1 aromatic heterocycles. The van der Waals surface area contributed by atoms with Crippen LogP contribution >= 0.6 is 11.6 Å². The third-order valence-electron chi connectivity index (χ3n) is 4.77. The zero-order chi connectivity index (χ0) is 17.4. The Balaban J connectivity index is 1.42. The van der Waals surface area contributed by atoms with Gasteiger partial charge in [-0.1, -0.05) is 41.4 Å². The molecule has 5 nitrogen and oxygen atoms in total. The van der Waals surface area contributed by atoms with Gasteiger partial charge < -0.3 is 10.2 Å². The lowest BCUT2D eigenvalue weighted by Crippen LogP contribution is -2.33. The number of amides is 1. The number of halogens is 1. The molecule has 1 amide bonds. The molecule has 0 radical (unpaired) electrons. The molecule has 1 aliphatic carbocycles. The molecule has 1 N–H and O–H groups in total. The summed E-state index contributed by atoms with van der Waals surface area (Å²) in [6, 6.07) is 9.76. The predicted molar refractivity (Wildman–Crippen MR) is 97.6 cm³/mol. The number of nitrogens with one attached hydrogen (secondary N) is 1. The molecule has 130 valence electrons. The van der Waals surface area contributed by atoms with Gasteiger partial charge >= 0.3 is 0 Å². The first kappa shape index (κ1) is 16.3. The number of carbonyl (C=O) groups is 1. The molecule has 25 heavy (non-hydrogen) atoms. The molecule has 0 bridgehead atoms. The normalized spacial score (nSPS) is 20.2. The van der Waals surface area contributed by atoms with E-state index in [4.69, 9.17) is 11.6 Å². The molecule has 2 heterocycles. The maximum absolute atomic E-state index is 12.7. The van der Waals surface area contributed by atoms with Crippen molar-refractivity contribution in [1.82, 2.24) is 14.9 Å². The van der Waals surface area contributed by atoms with Crippen molar-refractivity contribution in [3.05, 3.63) is 52.4 Å². The summed E-state index contributed by atoms with van der Waals surface area (Å²) in [6.07, 6.45) is 3.00. The van der Waals surface area contributed by atoms with Gasteiger partial charge in [-0.15, -0.1) is 0 Å². The monoisotopic (exact) mass is 356 g/mol. The Bertz CT molecular complexity index is 789. The number of benzene rings is 1. The maximum Gasteiger partial charge on any atom is 0.245 e. The number of hydrogen-bond acceptors (Lipinski definition) is 4. The number of carbonyl (C=O) groups excluding carboxylic acids is 1. The number of aromatic nitrogens is 2. The quantitative estimate of drug-likeness (QED) is 0.833. The Morgan fingerprint density at radius 2 is 1.96 bits per heavy atom. The molecule has 2 aromatic rings. The van der Waals surface area contributed by atoms with E-state index in [0.717, 1.165) is 37.2 Å². The number of rotatable bonds is 5. The second kappa shape index (κ2) is 6.64. The molecular formula is C19H21ClN4O. The molecule has 1 atom stereocenters. The fraction of sp³-hybridized carbons (Fsp3) is 0.421. The van der Waals surface area contributed by atoms with Crippen LogP contribution in [0.5, 0.6) is 0 Å². The van der Waals surface area contributed by atoms with Crippen molar-refractivity contribution in [1.29, 1.82) is 0 Å². The van der Waals surface area contributed by atoms with Crippen molar-refractivity contribution in [2.75, 3.05) is 11.9 Å². The van der Waals surface area contributed by atoms with Gasteiger partial charge in [-0.25, -0.2) is 9.97 Å². The fourth-order valence-corrected chi connectivity index (χ4v) is 3.35. The number of anilines is 1. The van der Waals surface area contributed by atoms with Crippen molar-refractivity contribution in [2.45, 2.75) is 44.7 Å². The van der Waals surface area contributed by atoms with Gasteiger partial charge in [-0.05, 0) is 31.7 Å². The van der Waals surface area contributed by atoms with E-state index in [0.29, 0.717) is 23.4 Å². The van der Waals surface area contributed by atoms with Crippen LogP contribution in [0.2, 0.25) is 5.15 Å². The molecule has 1 saturated carbocycles. The van der Waals surface area contributed by atoms with Gasteiger partial charge in [0, 0.05) is 25.1 Å². The summed E-state index contributed by atoms with van der Waals surface area (Å²) in [5, 5.41) is 3.68. The minimum atomic E-state index is -0.247. The van der Waals surface area contributed by atoms with Crippen molar-refractivity contribution in [3.8, 4) is 0 Å². The highest BCUT2D eigenvalue weighted by Gasteiger charge is 2.32. The molecule has 6 heteroatoms. The van der Waals surface area contributed by atoms with Gasteiger partial charge in [-0.2, -0.15) is 0 Å². The van der Waals surface area contributed by atoms with E-state index in [-0.39, 0.29) is 11.9 Å². The predicted octanol–water partition coefficient (Wildman–Crippen LogP) is 3.53. The van der Waals surface area contributed by atoms with E-state index in [1.54, 1.807) is 6.07 Å². The number of likely N-dealkylation sites (tertiary alicyclic amines) is 1. The topological polar surface area (TPSA) is 58.1 Å². The smallest absolute Gasteiger partial charge is 0.245 e. The summed E-state index contributed by atoms with van der Waals surface area (Å²) in [5.74, 6) is 1.98. The molecule has 1 unspecified atom stereocenters. The molecule has 4 rings (SSSR count). The lowest BCUT2D eigenvalue weighted by Gasteiger charge is -2.18. The van der Waals surface area contributed by atoms with E-state index in [1.165, 1.54) is 5.56 Å². The second-order valence-electron chi connectivity index (χ2n) is 6.94.